The van der Waals surface area contributed by atoms with Gasteiger partial charge in [0.25, 0.3) is 5.82 Å². The molecule has 0 aliphatic carbocycles. The highest BCUT2D eigenvalue weighted by atomic mass is 15.2. The van der Waals surface area contributed by atoms with Crippen LogP contribution in [0.5, 0.6) is 0 Å². The van der Waals surface area contributed by atoms with Crippen LogP contribution in [0.1, 0.15) is 81.5 Å². The van der Waals surface area contributed by atoms with Crippen LogP contribution in [-0.4, -0.2) is 4.57 Å². The quantitative estimate of drug-likeness (QED) is 0.493. The van der Waals surface area contributed by atoms with Gasteiger partial charge in [-0.3, -0.25) is 0 Å². The zero-order valence-corrected chi connectivity index (χ0v) is 17.8. The number of hydrogen-bond acceptors (Lipinski definition) is 0. The lowest BCUT2D eigenvalue weighted by Crippen LogP contribution is -2.59. The molecule has 5 rings (SSSR count). The predicted molar refractivity (Wildman–Crippen MR) is 115 cm³/mol. The van der Waals surface area contributed by atoms with Crippen molar-refractivity contribution in [3.63, 3.8) is 0 Å². The molecule has 0 radical (unpaired) electrons. The number of fused-ring (bicyclic) bond motifs is 2. The molecular formula is C26H31N2+. The Labute approximate surface area is 168 Å². The van der Waals surface area contributed by atoms with Gasteiger partial charge in [-0.2, -0.15) is 4.57 Å². The highest BCUT2D eigenvalue weighted by molar-refractivity contribution is 5.73. The van der Waals surface area contributed by atoms with Crippen LogP contribution in [-0.2, 0) is 12.0 Å². The smallest absolute Gasteiger partial charge is 0.224 e. The van der Waals surface area contributed by atoms with E-state index in [1.165, 1.54) is 39.3 Å². The minimum atomic E-state index is 0.173. The molecule has 3 heterocycles. The monoisotopic (exact) mass is 371 g/mol. The molecule has 0 N–H and O–H groups in total. The number of aromatic nitrogens is 2. The van der Waals surface area contributed by atoms with E-state index in [1.807, 2.05) is 0 Å². The Bertz CT molecular complexity index is 1070. The van der Waals surface area contributed by atoms with Crippen LogP contribution in [0.2, 0.25) is 0 Å². The molecule has 0 saturated heterocycles. The molecule has 3 aromatic rings. The van der Waals surface area contributed by atoms with Crippen molar-refractivity contribution in [3.05, 3.63) is 71.0 Å². The lowest BCUT2D eigenvalue weighted by atomic mass is 9.78. The molecule has 2 heteroatoms. The van der Waals surface area contributed by atoms with E-state index in [-0.39, 0.29) is 5.54 Å². The average molecular weight is 372 g/mol. The molecule has 1 atom stereocenters. The topological polar surface area (TPSA) is 8.81 Å². The Balaban J connectivity index is 1.95. The largest absolute Gasteiger partial charge is 0.295 e. The number of hydrogen-bond donors (Lipinski definition) is 0. The molecule has 0 spiro atoms. The van der Waals surface area contributed by atoms with Crippen molar-refractivity contribution < 1.29 is 4.57 Å². The van der Waals surface area contributed by atoms with Gasteiger partial charge >= 0.3 is 0 Å². The van der Waals surface area contributed by atoms with E-state index in [1.54, 1.807) is 0 Å². The molecule has 0 saturated carbocycles. The molecule has 0 amide bonds. The fourth-order valence-electron chi connectivity index (χ4n) is 5.72. The Morgan fingerprint density at radius 1 is 1.07 bits per heavy atom. The molecule has 2 aliphatic heterocycles. The first-order valence-electron chi connectivity index (χ1n) is 10.9. The van der Waals surface area contributed by atoms with E-state index >= 15 is 0 Å². The lowest BCUT2D eigenvalue weighted by Gasteiger charge is -2.34. The van der Waals surface area contributed by atoms with E-state index in [2.05, 4.69) is 92.5 Å². The molecule has 28 heavy (non-hydrogen) atoms. The second-order valence-electron chi connectivity index (χ2n) is 9.01. The predicted octanol–water partition coefficient (Wildman–Crippen LogP) is 6.09. The van der Waals surface area contributed by atoms with E-state index in [0.29, 0.717) is 11.8 Å². The SMILES string of the molecule is CCC1(CC)Cc2cccc3c2-c2n(cc[n+]21)-c1c(C(C)C)cccc1C3C. The molecule has 0 bridgehead atoms. The number of nitrogens with zero attached hydrogens (tertiary/aromatic N) is 2. The fraction of sp³-hybridized carbons (Fsp3) is 0.423. The Morgan fingerprint density at radius 3 is 2.50 bits per heavy atom. The molecule has 2 aromatic carbocycles. The second-order valence-corrected chi connectivity index (χ2v) is 9.01. The van der Waals surface area contributed by atoms with Crippen molar-refractivity contribution in [2.24, 2.45) is 0 Å². The third-order valence-corrected chi connectivity index (χ3v) is 7.47. The maximum Gasteiger partial charge on any atom is 0.295 e. The Kier molecular flexibility index (Phi) is 3.84. The van der Waals surface area contributed by atoms with Gasteiger partial charge in [-0.1, -0.05) is 71.0 Å². The maximum absolute atomic E-state index is 2.61. The van der Waals surface area contributed by atoms with Gasteiger partial charge in [-0.15, -0.1) is 0 Å². The molecule has 0 fully saturated rings. The number of benzene rings is 2. The van der Waals surface area contributed by atoms with Crippen LogP contribution >= 0.6 is 0 Å². The van der Waals surface area contributed by atoms with Gasteiger partial charge < -0.3 is 0 Å². The van der Waals surface area contributed by atoms with Crippen molar-refractivity contribution in [1.29, 1.82) is 0 Å². The fourth-order valence-corrected chi connectivity index (χ4v) is 5.72. The summed E-state index contributed by atoms with van der Waals surface area (Å²) in [5, 5.41) is 0. The second kappa shape index (κ2) is 6.07. The summed E-state index contributed by atoms with van der Waals surface area (Å²) in [5.74, 6) is 2.28. The first-order chi connectivity index (χ1) is 13.5. The first kappa shape index (κ1) is 17.7. The van der Waals surface area contributed by atoms with E-state index in [4.69, 9.17) is 0 Å². The van der Waals surface area contributed by atoms with Crippen molar-refractivity contribution >= 4 is 0 Å². The van der Waals surface area contributed by atoms with Gasteiger partial charge in [-0.25, -0.2) is 4.57 Å². The Morgan fingerprint density at radius 2 is 1.79 bits per heavy atom. The van der Waals surface area contributed by atoms with Crippen LogP contribution in [0.15, 0.2) is 48.8 Å². The molecule has 2 nitrogen and oxygen atoms in total. The van der Waals surface area contributed by atoms with Gasteiger partial charge in [0.05, 0.1) is 5.56 Å². The Hall–Kier alpha value is -2.35. The van der Waals surface area contributed by atoms with Gasteiger partial charge in [0.2, 0.25) is 0 Å². The number of rotatable bonds is 3. The van der Waals surface area contributed by atoms with Crippen LogP contribution < -0.4 is 4.57 Å². The van der Waals surface area contributed by atoms with Gasteiger partial charge in [-0.05, 0) is 29.9 Å². The van der Waals surface area contributed by atoms with E-state index in [0.717, 1.165) is 19.3 Å². The van der Waals surface area contributed by atoms with Gasteiger partial charge in [0, 0.05) is 23.5 Å². The summed E-state index contributed by atoms with van der Waals surface area (Å²) in [6, 6.07) is 13.9. The minimum absolute atomic E-state index is 0.173. The average Bonchev–Trinajstić information content (AvgIpc) is 3.13. The maximum atomic E-state index is 2.61. The van der Waals surface area contributed by atoms with Gasteiger partial charge in [0.15, 0.2) is 0 Å². The van der Waals surface area contributed by atoms with Crippen molar-refractivity contribution in [3.8, 4) is 17.1 Å². The summed E-state index contributed by atoms with van der Waals surface area (Å²) in [7, 11) is 0. The molecular weight excluding hydrogens is 340 g/mol. The summed E-state index contributed by atoms with van der Waals surface area (Å²) < 4.78 is 5.12. The molecule has 1 unspecified atom stereocenters. The summed E-state index contributed by atoms with van der Waals surface area (Å²) in [4.78, 5) is 0. The number of imidazole rings is 1. The molecule has 2 aliphatic rings. The summed E-state index contributed by atoms with van der Waals surface area (Å²) in [6.45, 7) is 11.7. The van der Waals surface area contributed by atoms with Crippen molar-refractivity contribution in [2.75, 3.05) is 0 Å². The first-order valence-corrected chi connectivity index (χ1v) is 10.9. The zero-order valence-electron chi connectivity index (χ0n) is 17.8. The van der Waals surface area contributed by atoms with Crippen LogP contribution in [0, 0.1) is 0 Å². The van der Waals surface area contributed by atoms with Crippen LogP contribution in [0.3, 0.4) is 0 Å². The van der Waals surface area contributed by atoms with Crippen LogP contribution in [0.25, 0.3) is 17.1 Å². The third kappa shape index (κ3) is 2.12. The summed E-state index contributed by atoms with van der Waals surface area (Å²) in [5.41, 5.74) is 8.95. The third-order valence-electron chi connectivity index (χ3n) is 7.47. The lowest BCUT2D eigenvalue weighted by molar-refractivity contribution is -0.757. The highest BCUT2D eigenvalue weighted by Crippen LogP contribution is 2.47. The normalized spacial score (nSPS) is 18.6. The van der Waals surface area contributed by atoms with E-state index < -0.39 is 0 Å². The summed E-state index contributed by atoms with van der Waals surface area (Å²) in [6.07, 6.45) is 8.11. The zero-order chi connectivity index (χ0) is 19.6. The summed E-state index contributed by atoms with van der Waals surface area (Å²) >= 11 is 0. The molecule has 1 aromatic heterocycles. The number of para-hydroxylation sites is 1. The van der Waals surface area contributed by atoms with Crippen molar-refractivity contribution in [1.82, 2.24) is 4.57 Å². The standard InChI is InChI=1S/C26H31N2/c1-6-26(7-2)16-19-10-8-12-21-18(5)22-13-9-11-20(17(3)4)24(22)27-14-15-28(26)25(27)23(19)21/h8-15,17-18H,6-7,16H2,1-5H3/q+1. The van der Waals surface area contributed by atoms with E-state index in [9.17, 15) is 0 Å². The minimum Gasteiger partial charge on any atom is -0.224 e. The highest BCUT2D eigenvalue weighted by Gasteiger charge is 2.46. The molecule has 144 valence electrons. The van der Waals surface area contributed by atoms with Crippen molar-refractivity contribution in [2.45, 2.75) is 71.3 Å². The van der Waals surface area contributed by atoms with Gasteiger partial charge in [0.1, 0.15) is 23.6 Å². The van der Waals surface area contributed by atoms with Crippen LogP contribution in [0.4, 0.5) is 0 Å².